The molecule has 352 valence electrons. The summed E-state index contributed by atoms with van der Waals surface area (Å²) in [6.07, 6.45) is 14.8. The second-order valence-electron chi connectivity index (χ2n) is 21.1. The molecule has 4 aliphatic carbocycles. The predicted molar refractivity (Wildman–Crippen MR) is 252 cm³/mol. The monoisotopic (exact) mass is 901 g/mol. The number of nitrogens with zero attached hydrogens (tertiary/aromatic N) is 4. The first-order valence-electron chi connectivity index (χ1n) is 24.8. The molecule has 4 amide bonds. The summed E-state index contributed by atoms with van der Waals surface area (Å²) in [5.74, 6) is 1.63. The molecule has 7 aliphatic rings. The van der Waals surface area contributed by atoms with Crippen molar-refractivity contribution in [1.29, 1.82) is 0 Å². The third kappa shape index (κ3) is 7.78. The molecule has 66 heavy (non-hydrogen) atoms. The molecule has 14 heteroatoms. The molecule has 14 nitrogen and oxygen atoms in total. The van der Waals surface area contributed by atoms with E-state index in [0.29, 0.717) is 36.9 Å². The zero-order chi connectivity index (χ0) is 46.0. The van der Waals surface area contributed by atoms with Gasteiger partial charge in [0, 0.05) is 30.8 Å². The summed E-state index contributed by atoms with van der Waals surface area (Å²) in [5.41, 5.74) is 13.5. The smallest absolute Gasteiger partial charge is 0.407 e. The number of ether oxygens (including phenoxy) is 2. The summed E-state index contributed by atoms with van der Waals surface area (Å²) in [6, 6.07) is 7.84. The van der Waals surface area contributed by atoms with Gasteiger partial charge in [0.05, 0.1) is 43.9 Å². The van der Waals surface area contributed by atoms with Crippen LogP contribution < -0.4 is 16.0 Å². The number of fused-ring (bicyclic) bond motifs is 4. The predicted octanol–water partition coefficient (Wildman–Crippen LogP) is 7.59. The SMILES string of the molecule is COC(=O)NC(C(=O)N1CCCC1c1ncc(-c2ccc(-c3ccc(C4=NC(C5CCCN5C(=O)C(NC(=O)OC)C(C)C)NC4)c4c3CC3(CCCC3)C4)c3c2CC2CCC32)[nH]1)C(C)C. The molecule has 3 aromatic rings. The lowest BCUT2D eigenvalue weighted by atomic mass is 9.72. The summed E-state index contributed by atoms with van der Waals surface area (Å²) in [7, 11) is 2.64. The van der Waals surface area contributed by atoms with Gasteiger partial charge in [0.2, 0.25) is 11.8 Å². The van der Waals surface area contributed by atoms with Gasteiger partial charge in [-0.1, -0.05) is 64.8 Å². The molecule has 7 unspecified atom stereocenters. The number of rotatable bonds is 11. The number of hydrogen-bond donors (Lipinski definition) is 4. The molecule has 1 aromatic heterocycles. The molecule has 0 radical (unpaired) electrons. The normalized spacial score (nSPS) is 25.7. The minimum Gasteiger partial charge on any atom is -0.453 e. The van der Waals surface area contributed by atoms with Crippen LogP contribution in [0, 0.1) is 23.2 Å². The average Bonchev–Trinajstić information content (AvgIpc) is 4.16. The fourth-order valence-electron chi connectivity index (χ4n) is 13.1. The number of alkyl carbamates (subject to hydrolysis) is 2. The van der Waals surface area contributed by atoms with Crippen molar-refractivity contribution >= 4 is 29.7 Å². The van der Waals surface area contributed by atoms with Crippen LogP contribution in [0.1, 0.15) is 138 Å². The lowest BCUT2D eigenvalue weighted by Crippen LogP contribution is -2.55. The summed E-state index contributed by atoms with van der Waals surface area (Å²) in [6.45, 7) is 9.70. The highest BCUT2D eigenvalue weighted by Crippen LogP contribution is 2.58. The lowest BCUT2D eigenvalue weighted by molar-refractivity contribution is -0.136. The lowest BCUT2D eigenvalue weighted by Gasteiger charge is -2.32. The van der Waals surface area contributed by atoms with Crippen molar-refractivity contribution in [3.05, 3.63) is 64.1 Å². The molecule has 7 atom stereocenters. The number of carbonyl (C=O) groups excluding carboxylic acids is 4. The molecule has 1 spiro atoms. The molecule has 10 rings (SSSR count). The van der Waals surface area contributed by atoms with Gasteiger partial charge in [0.15, 0.2) is 0 Å². The number of methoxy groups -OCH3 is 2. The number of hydrogen-bond acceptors (Lipinski definition) is 9. The first-order chi connectivity index (χ1) is 31.9. The summed E-state index contributed by atoms with van der Waals surface area (Å²) >= 11 is 0. The van der Waals surface area contributed by atoms with Gasteiger partial charge in [-0.25, -0.2) is 14.6 Å². The molecular formula is C52H68N8O6. The molecule has 4 heterocycles. The number of imidazole rings is 1. The molecule has 2 saturated carbocycles. The van der Waals surface area contributed by atoms with Gasteiger partial charge in [0.1, 0.15) is 24.1 Å². The van der Waals surface area contributed by atoms with Gasteiger partial charge in [-0.3, -0.25) is 19.9 Å². The summed E-state index contributed by atoms with van der Waals surface area (Å²) in [5, 5.41) is 9.26. The van der Waals surface area contributed by atoms with Crippen molar-refractivity contribution in [3.8, 4) is 22.4 Å². The van der Waals surface area contributed by atoms with Crippen LogP contribution in [-0.2, 0) is 38.3 Å². The quantitative estimate of drug-likeness (QED) is 0.153. The Hall–Kier alpha value is -5.24. The third-order valence-electron chi connectivity index (χ3n) is 16.7. The first kappa shape index (κ1) is 44.6. The van der Waals surface area contributed by atoms with Crippen LogP contribution in [0.5, 0.6) is 0 Å². The van der Waals surface area contributed by atoms with Crippen molar-refractivity contribution in [2.75, 3.05) is 33.9 Å². The van der Waals surface area contributed by atoms with Gasteiger partial charge in [-0.15, -0.1) is 0 Å². The fraction of sp³-hybridized carbons (Fsp3) is 0.615. The number of nitrogens with one attached hydrogen (secondary N) is 4. The van der Waals surface area contributed by atoms with Gasteiger partial charge in [-0.05, 0) is 133 Å². The maximum Gasteiger partial charge on any atom is 0.407 e. The highest BCUT2D eigenvalue weighted by Gasteiger charge is 2.47. The largest absolute Gasteiger partial charge is 0.453 e. The van der Waals surface area contributed by atoms with Crippen molar-refractivity contribution in [2.45, 2.75) is 147 Å². The van der Waals surface area contributed by atoms with E-state index < -0.39 is 24.3 Å². The van der Waals surface area contributed by atoms with E-state index >= 15 is 0 Å². The number of benzene rings is 2. The Kier molecular flexibility index (Phi) is 12.0. The van der Waals surface area contributed by atoms with Crippen LogP contribution in [-0.4, -0.2) is 108 Å². The topological polar surface area (TPSA) is 170 Å². The Balaban J connectivity index is 0.957. The Labute approximate surface area is 388 Å². The van der Waals surface area contributed by atoms with E-state index in [0.717, 1.165) is 62.2 Å². The zero-order valence-electron chi connectivity index (χ0n) is 39.6. The van der Waals surface area contributed by atoms with Crippen molar-refractivity contribution in [1.82, 2.24) is 35.7 Å². The fourth-order valence-corrected chi connectivity index (χ4v) is 13.1. The molecule has 4 fully saturated rings. The molecular weight excluding hydrogens is 833 g/mol. The van der Waals surface area contributed by atoms with Gasteiger partial charge in [0.25, 0.3) is 0 Å². The number of aromatic nitrogens is 2. The molecule has 2 saturated heterocycles. The van der Waals surface area contributed by atoms with E-state index in [-0.39, 0.29) is 41.9 Å². The molecule has 3 aliphatic heterocycles. The second kappa shape index (κ2) is 17.8. The zero-order valence-corrected chi connectivity index (χ0v) is 39.6. The Morgan fingerprint density at radius 1 is 0.742 bits per heavy atom. The minimum atomic E-state index is -0.681. The van der Waals surface area contributed by atoms with Crippen LogP contribution in [0.2, 0.25) is 0 Å². The second-order valence-corrected chi connectivity index (χ2v) is 21.1. The van der Waals surface area contributed by atoms with Gasteiger partial charge >= 0.3 is 12.2 Å². The van der Waals surface area contributed by atoms with E-state index in [1.165, 1.54) is 97.3 Å². The minimum absolute atomic E-state index is 0.0735. The molecule has 2 aromatic carbocycles. The van der Waals surface area contributed by atoms with Crippen LogP contribution >= 0.6 is 0 Å². The summed E-state index contributed by atoms with van der Waals surface area (Å²) < 4.78 is 9.72. The van der Waals surface area contributed by atoms with Crippen LogP contribution in [0.15, 0.2) is 35.5 Å². The number of aliphatic imine (C=N–C) groups is 1. The Bertz CT molecular complexity index is 2440. The molecule has 4 N–H and O–H groups in total. The van der Waals surface area contributed by atoms with Gasteiger partial charge < -0.3 is 34.9 Å². The van der Waals surface area contributed by atoms with Crippen LogP contribution in [0.3, 0.4) is 0 Å². The number of aromatic amines is 1. The average molecular weight is 901 g/mol. The Morgan fingerprint density at radius 3 is 2.03 bits per heavy atom. The summed E-state index contributed by atoms with van der Waals surface area (Å²) in [4.78, 5) is 70.1. The highest BCUT2D eigenvalue weighted by atomic mass is 16.5. The van der Waals surface area contributed by atoms with E-state index in [2.05, 4.69) is 45.2 Å². The third-order valence-corrected chi connectivity index (χ3v) is 16.7. The van der Waals surface area contributed by atoms with E-state index in [9.17, 15) is 19.2 Å². The van der Waals surface area contributed by atoms with Crippen molar-refractivity contribution in [2.24, 2.45) is 28.2 Å². The highest BCUT2D eigenvalue weighted by molar-refractivity contribution is 6.05. The van der Waals surface area contributed by atoms with E-state index in [4.69, 9.17) is 19.5 Å². The van der Waals surface area contributed by atoms with E-state index in [1.807, 2.05) is 43.7 Å². The Morgan fingerprint density at radius 2 is 1.36 bits per heavy atom. The first-order valence-corrected chi connectivity index (χ1v) is 24.8. The van der Waals surface area contributed by atoms with Crippen molar-refractivity contribution < 1.29 is 28.7 Å². The number of carbonyl (C=O) groups is 4. The van der Waals surface area contributed by atoms with Crippen LogP contribution in [0.4, 0.5) is 9.59 Å². The number of amides is 4. The standard InChI is InChI=1S/C52H68N8O6/c1-28(2)44(57-50(63)65-5)48(61)59-21-9-11-41(59)46-53-26-39(55-46)33-17-18-35(43-31-14-13-30(31)23-36(33)43)32-15-16-34(38-25-52(24-37(32)38)19-7-8-20-52)40-27-54-47(56-40)42-12-10-22-60(42)49(62)45(29(3)4)58-51(64)66-6/h15-18,26,28-31,41-42,44-45,47,54H,7-14,19-25,27H2,1-6H3,(H,53,55)(H,57,63)(H,58,64). The maximum absolute atomic E-state index is 14.0. The van der Waals surface area contributed by atoms with Crippen LogP contribution in [0.25, 0.3) is 22.4 Å². The maximum atomic E-state index is 14.0. The van der Waals surface area contributed by atoms with Gasteiger partial charge in [-0.2, -0.15) is 0 Å². The molecule has 0 bridgehead atoms. The van der Waals surface area contributed by atoms with Crippen molar-refractivity contribution in [3.63, 3.8) is 0 Å². The van der Waals surface area contributed by atoms with E-state index in [1.54, 1.807) is 0 Å². The number of likely N-dealkylation sites (tertiary alicyclic amines) is 2. The number of H-pyrrole nitrogens is 1.